The number of fused-ring (bicyclic) bond motifs is 2. The van der Waals surface area contributed by atoms with Crippen LogP contribution in [-0.4, -0.2) is 24.2 Å². The minimum absolute atomic E-state index is 0.0529. The molecule has 0 aromatic heterocycles. The Kier molecular flexibility index (Phi) is 5.73. The monoisotopic (exact) mass is 385 g/mol. The number of aliphatic hydroxyl groups excluding tert-OH is 1. The van der Waals surface area contributed by atoms with E-state index < -0.39 is 6.10 Å². The van der Waals surface area contributed by atoms with Crippen LogP contribution in [0.5, 0.6) is 5.75 Å². The summed E-state index contributed by atoms with van der Waals surface area (Å²) in [6, 6.07) is 27.6. The quantitative estimate of drug-likeness (QED) is 0.488. The van der Waals surface area contributed by atoms with Crippen molar-refractivity contribution in [1.29, 1.82) is 0 Å². The summed E-state index contributed by atoms with van der Waals surface area (Å²) < 4.78 is 5.60. The summed E-state index contributed by atoms with van der Waals surface area (Å²) in [6.07, 6.45) is -0.196. The second kappa shape index (κ2) is 8.76. The van der Waals surface area contributed by atoms with Gasteiger partial charge >= 0.3 is 0 Å². The molecule has 0 aliphatic heterocycles. The van der Waals surface area contributed by atoms with Crippen molar-refractivity contribution >= 4 is 27.5 Å². The van der Waals surface area contributed by atoms with Crippen LogP contribution in [0.25, 0.3) is 21.5 Å². The van der Waals surface area contributed by atoms with Crippen LogP contribution >= 0.6 is 0 Å². The number of aliphatic hydroxyl groups is 1. The predicted molar refractivity (Wildman–Crippen MR) is 116 cm³/mol. The predicted octanol–water partition coefficient (Wildman–Crippen LogP) is 4.61. The fraction of sp³-hybridized carbons (Fsp3) is 0.160. The lowest BCUT2D eigenvalue weighted by Crippen LogP contribution is -2.30. The van der Waals surface area contributed by atoms with Crippen LogP contribution in [-0.2, 0) is 4.79 Å². The Morgan fingerprint density at radius 2 is 1.59 bits per heavy atom. The first-order chi connectivity index (χ1) is 14.2. The van der Waals surface area contributed by atoms with Gasteiger partial charge in [-0.3, -0.25) is 4.79 Å². The minimum Gasteiger partial charge on any atom is -0.484 e. The third kappa shape index (κ3) is 4.55. The van der Waals surface area contributed by atoms with Gasteiger partial charge in [0.2, 0.25) is 0 Å². The van der Waals surface area contributed by atoms with Crippen molar-refractivity contribution in [2.24, 2.45) is 0 Å². The third-order valence-corrected chi connectivity index (χ3v) is 5.01. The number of benzene rings is 4. The Balaban J connectivity index is 1.28. The van der Waals surface area contributed by atoms with Crippen molar-refractivity contribution in [1.82, 2.24) is 5.32 Å². The lowest BCUT2D eigenvalue weighted by Gasteiger charge is -2.14. The molecular formula is C25H23NO3. The van der Waals surface area contributed by atoms with E-state index in [4.69, 9.17) is 4.74 Å². The van der Waals surface area contributed by atoms with Gasteiger partial charge in [0.1, 0.15) is 5.75 Å². The molecule has 4 aromatic rings. The lowest BCUT2D eigenvalue weighted by atomic mass is 9.99. The molecule has 0 fully saturated rings. The molecule has 4 nitrogen and oxygen atoms in total. The maximum absolute atomic E-state index is 12.1. The van der Waals surface area contributed by atoms with E-state index in [2.05, 4.69) is 5.32 Å². The highest BCUT2D eigenvalue weighted by molar-refractivity contribution is 5.86. The number of carbonyl (C=O) groups is 1. The molecule has 0 saturated heterocycles. The van der Waals surface area contributed by atoms with Crippen LogP contribution in [0.4, 0.5) is 0 Å². The van der Waals surface area contributed by atoms with Crippen molar-refractivity contribution in [3.63, 3.8) is 0 Å². The van der Waals surface area contributed by atoms with Gasteiger partial charge in [0.05, 0.1) is 6.10 Å². The molecule has 4 aromatic carbocycles. The molecule has 0 aliphatic carbocycles. The first-order valence-electron chi connectivity index (χ1n) is 9.75. The molecule has 0 aliphatic rings. The van der Waals surface area contributed by atoms with E-state index in [1.54, 1.807) is 0 Å². The van der Waals surface area contributed by atoms with Gasteiger partial charge in [0, 0.05) is 6.54 Å². The zero-order valence-electron chi connectivity index (χ0n) is 16.0. The van der Waals surface area contributed by atoms with Crippen LogP contribution in [0.2, 0.25) is 0 Å². The second-order valence-electron chi connectivity index (χ2n) is 7.02. The van der Waals surface area contributed by atoms with Gasteiger partial charge in [0.15, 0.2) is 6.61 Å². The standard InChI is InChI=1S/C25H23NO3/c27-24(23-11-5-9-19-7-3-4-10-22(19)23)14-15-26-25(28)17-29-21-13-12-18-6-1-2-8-20(18)16-21/h1-13,16,24,27H,14-15,17H2,(H,26,28). The maximum atomic E-state index is 12.1. The smallest absolute Gasteiger partial charge is 0.257 e. The number of carbonyl (C=O) groups excluding carboxylic acids is 1. The van der Waals surface area contributed by atoms with Gasteiger partial charge in [0.25, 0.3) is 5.91 Å². The largest absolute Gasteiger partial charge is 0.484 e. The fourth-order valence-electron chi connectivity index (χ4n) is 3.50. The Labute approximate surface area is 169 Å². The van der Waals surface area contributed by atoms with Crippen LogP contribution in [0.15, 0.2) is 84.9 Å². The first-order valence-corrected chi connectivity index (χ1v) is 9.75. The van der Waals surface area contributed by atoms with Gasteiger partial charge in [-0.2, -0.15) is 0 Å². The van der Waals surface area contributed by atoms with E-state index in [1.807, 2.05) is 84.9 Å². The summed E-state index contributed by atoms with van der Waals surface area (Å²) in [6.45, 7) is 0.326. The average molecular weight is 385 g/mol. The molecule has 2 N–H and O–H groups in total. The molecule has 0 bridgehead atoms. The molecule has 4 rings (SSSR count). The van der Waals surface area contributed by atoms with E-state index in [-0.39, 0.29) is 12.5 Å². The minimum atomic E-state index is -0.636. The van der Waals surface area contributed by atoms with Crippen molar-refractivity contribution in [2.75, 3.05) is 13.2 Å². The second-order valence-corrected chi connectivity index (χ2v) is 7.02. The summed E-state index contributed by atoms with van der Waals surface area (Å²) in [5, 5.41) is 17.7. The van der Waals surface area contributed by atoms with Gasteiger partial charge < -0.3 is 15.2 Å². The molecule has 0 saturated carbocycles. The molecule has 29 heavy (non-hydrogen) atoms. The average Bonchev–Trinajstić information content (AvgIpc) is 2.77. The number of nitrogens with one attached hydrogen (secondary N) is 1. The Morgan fingerprint density at radius 1 is 0.862 bits per heavy atom. The van der Waals surface area contributed by atoms with E-state index in [0.717, 1.165) is 27.1 Å². The normalized spacial score (nSPS) is 12.0. The highest BCUT2D eigenvalue weighted by Gasteiger charge is 2.12. The van der Waals surface area contributed by atoms with Gasteiger partial charge in [-0.15, -0.1) is 0 Å². The zero-order valence-corrected chi connectivity index (χ0v) is 16.0. The van der Waals surface area contributed by atoms with Crippen LogP contribution < -0.4 is 10.1 Å². The molecule has 146 valence electrons. The number of ether oxygens (including phenoxy) is 1. The molecule has 1 amide bonds. The van der Waals surface area contributed by atoms with Crippen molar-refractivity contribution < 1.29 is 14.6 Å². The van der Waals surface area contributed by atoms with Gasteiger partial charge in [-0.05, 0) is 45.7 Å². The van der Waals surface area contributed by atoms with Gasteiger partial charge in [-0.1, -0.05) is 72.8 Å². The van der Waals surface area contributed by atoms with E-state index >= 15 is 0 Å². The first kappa shape index (κ1) is 19.0. The maximum Gasteiger partial charge on any atom is 0.257 e. The highest BCUT2D eigenvalue weighted by atomic mass is 16.5. The summed E-state index contributed by atoms with van der Waals surface area (Å²) in [5.74, 6) is 0.456. The SMILES string of the molecule is O=C(COc1ccc2ccccc2c1)NCCC(O)c1cccc2ccccc12. The number of rotatable bonds is 7. The van der Waals surface area contributed by atoms with Crippen LogP contribution in [0.1, 0.15) is 18.1 Å². The van der Waals surface area contributed by atoms with Crippen molar-refractivity contribution in [3.05, 3.63) is 90.5 Å². The number of hydrogen-bond donors (Lipinski definition) is 2. The molecular weight excluding hydrogens is 362 g/mol. The third-order valence-electron chi connectivity index (χ3n) is 5.01. The zero-order chi connectivity index (χ0) is 20.1. The Bertz CT molecular complexity index is 1130. The van der Waals surface area contributed by atoms with Crippen molar-refractivity contribution in [3.8, 4) is 5.75 Å². The van der Waals surface area contributed by atoms with Crippen molar-refractivity contribution in [2.45, 2.75) is 12.5 Å². The molecule has 0 spiro atoms. The molecule has 4 heteroatoms. The summed E-state index contributed by atoms with van der Waals surface area (Å²) in [7, 11) is 0. The van der Waals surface area contributed by atoms with Gasteiger partial charge in [-0.25, -0.2) is 0 Å². The van der Waals surface area contributed by atoms with Crippen LogP contribution in [0.3, 0.4) is 0 Å². The highest BCUT2D eigenvalue weighted by Crippen LogP contribution is 2.26. The number of hydrogen-bond acceptors (Lipinski definition) is 3. The fourth-order valence-corrected chi connectivity index (χ4v) is 3.50. The molecule has 1 atom stereocenters. The topological polar surface area (TPSA) is 58.6 Å². The Hall–Kier alpha value is -3.37. The molecule has 0 radical (unpaired) electrons. The molecule has 1 unspecified atom stereocenters. The van der Waals surface area contributed by atoms with Crippen LogP contribution in [0, 0.1) is 0 Å². The number of amides is 1. The van der Waals surface area contributed by atoms with E-state index in [9.17, 15) is 9.90 Å². The van der Waals surface area contributed by atoms with E-state index in [1.165, 1.54) is 0 Å². The lowest BCUT2D eigenvalue weighted by molar-refractivity contribution is -0.123. The summed E-state index contributed by atoms with van der Waals surface area (Å²) in [5.41, 5.74) is 0.879. The molecule has 0 heterocycles. The summed E-state index contributed by atoms with van der Waals surface area (Å²) >= 11 is 0. The Morgan fingerprint density at radius 3 is 2.45 bits per heavy atom. The summed E-state index contributed by atoms with van der Waals surface area (Å²) in [4.78, 5) is 12.1. The van der Waals surface area contributed by atoms with E-state index in [0.29, 0.717) is 18.7 Å².